The summed E-state index contributed by atoms with van der Waals surface area (Å²) in [5, 5.41) is 55.5. The normalized spacial score (nSPS) is 56.9. The summed E-state index contributed by atoms with van der Waals surface area (Å²) in [4.78, 5) is 0. The van der Waals surface area contributed by atoms with Crippen LogP contribution in [0.4, 0.5) is 0 Å². The van der Waals surface area contributed by atoms with E-state index >= 15 is 0 Å². The Balaban J connectivity index is 1.77. The zero-order valence-corrected chi connectivity index (χ0v) is 16.5. The highest BCUT2D eigenvalue weighted by Crippen LogP contribution is 2.67. The summed E-state index contributed by atoms with van der Waals surface area (Å²) in [6, 6.07) is 0. The van der Waals surface area contributed by atoms with Crippen molar-refractivity contribution in [3.8, 4) is 11.3 Å². The highest BCUT2D eigenvalue weighted by Gasteiger charge is 2.68. The van der Waals surface area contributed by atoms with Crippen LogP contribution >= 0.6 is 11.6 Å². The molecule has 5 N–H and O–H groups in total. The van der Waals surface area contributed by atoms with Gasteiger partial charge in [0.15, 0.2) is 5.60 Å². The van der Waals surface area contributed by atoms with Gasteiger partial charge >= 0.3 is 0 Å². The van der Waals surface area contributed by atoms with Gasteiger partial charge < -0.3 is 25.5 Å². The molecule has 0 amide bonds. The van der Waals surface area contributed by atoms with E-state index in [0.717, 1.165) is 12.0 Å². The van der Waals surface area contributed by atoms with Crippen molar-refractivity contribution in [2.75, 3.05) is 0 Å². The van der Waals surface area contributed by atoms with Gasteiger partial charge in [-0.05, 0) is 72.8 Å². The van der Waals surface area contributed by atoms with Crippen molar-refractivity contribution in [1.82, 2.24) is 0 Å². The van der Waals surface area contributed by atoms with Gasteiger partial charge in [-0.15, -0.1) is 0 Å². The number of aliphatic hydroxyl groups is 5. The van der Waals surface area contributed by atoms with Gasteiger partial charge in [0.05, 0.1) is 24.4 Å². The molecule has 0 aromatic heterocycles. The van der Waals surface area contributed by atoms with E-state index in [1.165, 1.54) is 0 Å². The fourth-order valence-electron chi connectivity index (χ4n) is 7.00. The van der Waals surface area contributed by atoms with Crippen LogP contribution < -0.4 is 0 Å². The van der Waals surface area contributed by atoms with Crippen molar-refractivity contribution in [2.24, 2.45) is 28.6 Å². The SMILES string of the molecule is C[C@]12C[C@@H](O)[C@H](O)CC1=C[C@H](O)[C@@H]1[C@@H]2CC[C@@]2(C)[C@H]1C[C@@H](O)[C@@]2(O)C#CCl. The third kappa shape index (κ3) is 2.44. The quantitative estimate of drug-likeness (QED) is 0.312. The van der Waals surface area contributed by atoms with Crippen LogP contribution in [0.2, 0.25) is 0 Å². The minimum Gasteiger partial charge on any atom is -0.390 e. The van der Waals surface area contributed by atoms with Gasteiger partial charge in [0.2, 0.25) is 0 Å². The van der Waals surface area contributed by atoms with Gasteiger partial charge in [-0.1, -0.05) is 25.5 Å². The van der Waals surface area contributed by atoms with E-state index in [1.807, 2.05) is 13.0 Å². The minimum atomic E-state index is -1.59. The van der Waals surface area contributed by atoms with Crippen molar-refractivity contribution >= 4 is 11.6 Å². The Morgan fingerprint density at radius 1 is 1.11 bits per heavy atom. The Labute approximate surface area is 165 Å². The molecule has 4 rings (SSSR count). The molecule has 5 nitrogen and oxygen atoms in total. The van der Waals surface area contributed by atoms with Gasteiger partial charge in [-0.3, -0.25) is 0 Å². The van der Waals surface area contributed by atoms with Crippen LogP contribution in [-0.2, 0) is 0 Å². The van der Waals surface area contributed by atoms with E-state index in [4.69, 9.17) is 11.6 Å². The molecule has 27 heavy (non-hydrogen) atoms. The molecule has 0 spiro atoms. The molecule has 4 aliphatic carbocycles. The molecule has 0 saturated heterocycles. The second-order valence-corrected chi connectivity index (χ2v) is 9.82. The molecule has 150 valence electrons. The molecule has 10 atom stereocenters. The molecular formula is C21H29ClO5. The van der Waals surface area contributed by atoms with E-state index in [9.17, 15) is 25.5 Å². The van der Waals surface area contributed by atoms with Gasteiger partial charge in [-0.25, -0.2) is 0 Å². The molecule has 3 saturated carbocycles. The first-order valence-electron chi connectivity index (χ1n) is 9.87. The molecular weight excluding hydrogens is 368 g/mol. The lowest BCUT2D eigenvalue weighted by Gasteiger charge is -2.59. The highest BCUT2D eigenvalue weighted by molar-refractivity contribution is 6.30. The third-order valence-corrected chi connectivity index (χ3v) is 8.71. The van der Waals surface area contributed by atoms with E-state index < -0.39 is 35.4 Å². The lowest BCUT2D eigenvalue weighted by Crippen LogP contribution is -2.59. The maximum atomic E-state index is 11.2. The van der Waals surface area contributed by atoms with E-state index in [2.05, 4.69) is 18.2 Å². The molecule has 0 aromatic rings. The van der Waals surface area contributed by atoms with Gasteiger partial charge in [0, 0.05) is 10.8 Å². The summed E-state index contributed by atoms with van der Waals surface area (Å²) in [5.41, 5.74) is -1.53. The Morgan fingerprint density at radius 2 is 1.81 bits per heavy atom. The number of fused-ring (bicyclic) bond motifs is 5. The average Bonchev–Trinajstić information content (AvgIpc) is 2.78. The monoisotopic (exact) mass is 396 g/mol. The topological polar surface area (TPSA) is 101 Å². The molecule has 0 bridgehead atoms. The summed E-state index contributed by atoms with van der Waals surface area (Å²) in [7, 11) is 0. The van der Waals surface area contributed by atoms with Crippen molar-refractivity contribution in [1.29, 1.82) is 0 Å². The zero-order valence-electron chi connectivity index (χ0n) is 15.8. The maximum absolute atomic E-state index is 11.2. The van der Waals surface area contributed by atoms with Gasteiger partial charge in [0.1, 0.15) is 0 Å². The van der Waals surface area contributed by atoms with Crippen LogP contribution in [-0.4, -0.2) is 55.5 Å². The number of rotatable bonds is 0. The molecule has 3 fully saturated rings. The van der Waals surface area contributed by atoms with E-state index in [0.29, 0.717) is 25.7 Å². The van der Waals surface area contributed by atoms with Crippen LogP contribution in [0, 0.1) is 39.9 Å². The second kappa shape index (κ2) is 6.19. The summed E-state index contributed by atoms with van der Waals surface area (Å²) in [6.07, 6.45) is 1.18. The first-order valence-corrected chi connectivity index (χ1v) is 10.2. The van der Waals surface area contributed by atoms with Crippen LogP contribution in [0.5, 0.6) is 0 Å². The molecule has 0 heterocycles. The molecule has 0 unspecified atom stereocenters. The number of hydrogen-bond acceptors (Lipinski definition) is 5. The molecule has 0 aromatic carbocycles. The zero-order chi connectivity index (χ0) is 19.8. The first-order chi connectivity index (χ1) is 12.6. The first kappa shape index (κ1) is 19.7. The van der Waals surface area contributed by atoms with Crippen molar-refractivity contribution < 1.29 is 25.5 Å². The van der Waals surface area contributed by atoms with Gasteiger partial charge in [-0.2, -0.15) is 0 Å². The summed E-state index contributed by atoms with van der Waals surface area (Å²) < 4.78 is 0. The lowest BCUT2D eigenvalue weighted by atomic mass is 9.46. The molecule has 4 aliphatic rings. The summed E-state index contributed by atoms with van der Waals surface area (Å²) in [5.74, 6) is 2.52. The highest BCUT2D eigenvalue weighted by atomic mass is 35.5. The molecule has 6 heteroatoms. The van der Waals surface area contributed by atoms with Crippen molar-refractivity contribution in [2.45, 2.75) is 76.0 Å². The predicted octanol–water partition coefficient (Wildman–Crippen LogP) is 1.15. The third-order valence-electron chi connectivity index (χ3n) is 8.61. The van der Waals surface area contributed by atoms with Crippen LogP contribution in [0.25, 0.3) is 0 Å². The van der Waals surface area contributed by atoms with Crippen molar-refractivity contribution in [3.63, 3.8) is 0 Å². The van der Waals surface area contributed by atoms with Crippen LogP contribution in [0.3, 0.4) is 0 Å². The summed E-state index contributed by atoms with van der Waals surface area (Å²) >= 11 is 5.60. The van der Waals surface area contributed by atoms with Crippen LogP contribution in [0.15, 0.2) is 11.6 Å². The molecule has 0 radical (unpaired) electrons. The molecule has 0 aliphatic heterocycles. The average molecular weight is 397 g/mol. The van der Waals surface area contributed by atoms with E-state index in [-0.39, 0.29) is 23.2 Å². The fraction of sp³-hybridized carbons (Fsp3) is 0.810. The predicted molar refractivity (Wildman–Crippen MR) is 100 cm³/mol. The second-order valence-electron chi connectivity index (χ2n) is 9.63. The smallest absolute Gasteiger partial charge is 0.157 e. The Bertz CT molecular complexity index is 728. The fourth-order valence-corrected chi connectivity index (χ4v) is 7.14. The maximum Gasteiger partial charge on any atom is 0.157 e. The summed E-state index contributed by atoms with van der Waals surface area (Å²) in [6.45, 7) is 4.06. The standard InChI is InChI=1S/C21H29ClO5/c1-19-10-16(25)14(23)7-11(19)8-15(24)18-12(19)3-4-20(2)13(18)9-17(26)21(20,27)5-6-22/h8,12-18,23-27H,3-4,7,9-10H2,1-2H3/t12-,13-,14+,15-,16+,17+,18+,19-,20-,21-/m0/s1. The largest absolute Gasteiger partial charge is 0.390 e. The van der Waals surface area contributed by atoms with Crippen molar-refractivity contribution in [3.05, 3.63) is 11.6 Å². The van der Waals surface area contributed by atoms with Gasteiger partial charge in [0.25, 0.3) is 0 Å². The Kier molecular flexibility index (Phi) is 4.52. The Hall–Kier alpha value is -0.610. The van der Waals surface area contributed by atoms with E-state index in [1.54, 1.807) is 0 Å². The lowest BCUT2D eigenvalue weighted by molar-refractivity contribution is -0.143. The number of aliphatic hydroxyl groups excluding tert-OH is 4. The van der Waals surface area contributed by atoms with Crippen LogP contribution in [0.1, 0.15) is 46.0 Å². The Morgan fingerprint density at radius 3 is 2.48 bits per heavy atom. The number of halogens is 1. The minimum absolute atomic E-state index is 0.109. The number of hydrogen-bond donors (Lipinski definition) is 5.